The Bertz CT molecular complexity index is 433. The van der Waals surface area contributed by atoms with Gasteiger partial charge in [0.15, 0.2) is 0 Å². The van der Waals surface area contributed by atoms with Gasteiger partial charge >= 0.3 is 0 Å². The zero-order valence-electron chi connectivity index (χ0n) is 8.48. The van der Waals surface area contributed by atoms with E-state index in [9.17, 15) is 8.42 Å². The van der Waals surface area contributed by atoms with E-state index in [-0.39, 0.29) is 10.8 Å². The number of hydrogen-bond acceptors (Lipinski definition) is 2. The molecule has 4 heteroatoms. The van der Waals surface area contributed by atoms with Crippen molar-refractivity contribution in [3.8, 4) is 0 Å². The van der Waals surface area contributed by atoms with Crippen LogP contribution in [0.5, 0.6) is 0 Å². The summed E-state index contributed by atoms with van der Waals surface area (Å²) in [5, 5.41) is 0. The number of hydrogen-bond donors (Lipinski definition) is 1. The molecule has 1 N–H and O–H groups in total. The van der Waals surface area contributed by atoms with Crippen LogP contribution in [-0.2, 0) is 10.1 Å². The van der Waals surface area contributed by atoms with Crippen molar-refractivity contribution in [1.82, 2.24) is 0 Å². The molecule has 1 rings (SSSR count). The van der Waals surface area contributed by atoms with Crippen molar-refractivity contribution in [3.63, 3.8) is 0 Å². The zero-order valence-corrected chi connectivity index (χ0v) is 9.30. The van der Waals surface area contributed by atoms with Crippen LogP contribution in [-0.4, -0.2) is 13.0 Å². The van der Waals surface area contributed by atoms with Gasteiger partial charge in [0.1, 0.15) is 0 Å². The summed E-state index contributed by atoms with van der Waals surface area (Å²) in [7, 11) is -4.10. The van der Waals surface area contributed by atoms with E-state index in [1.165, 1.54) is 6.07 Å². The minimum Gasteiger partial charge on any atom is -0.282 e. The SMILES string of the molecule is Cc1ccc(S(=O)(=O)O)c(C(C)C)c1. The fourth-order valence-electron chi connectivity index (χ4n) is 1.35. The average molecular weight is 214 g/mol. The Labute approximate surface area is 84.5 Å². The van der Waals surface area contributed by atoms with E-state index in [2.05, 4.69) is 0 Å². The normalized spacial score (nSPS) is 12.1. The maximum Gasteiger partial charge on any atom is 0.294 e. The summed E-state index contributed by atoms with van der Waals surface area (Å²) in [5.74, 6) is 0.0758. The van der Waals surface area contributed by atoms with Crippen LogP contribution in [0.25, 0.3) is 0 Å². The Kier molecular flexibility index (Phi) is 2.97. The predicted octanol–water partition coefficient (Wildman–Crippen LogP) is 2.37. The van der Waals surface area contributed by atoms with Crippen LogP contribution in [0.15, 0.2) is 23.1 Å². The molecule has 0 fully saturated rings. The van der Waals surface area contributed by atoms with Crippen LogP contribution in [0.3, 0.4) is 0 Å². The Hall–Kier alpha value is -0.870. The van der Waals surface area contributed by atoms with Crippen molar-refractivity contribution < 1.29 is 13.0 Å². The fraction of sp³-hybridized carbons (Fsp3) is 0.400. The van der Waals surface area contributed by atoms with E-state index in [1.54, 1.807) is 12.1 Å². The molecule has 0 aliphatic rings. The summed E-state index contributed by atoms with van der Waals surface area (Å²) >= 11 is 0. The van der Waals surface area contributed by atoms with Gasteiger partial charge in [-0.3, -0.25) is 4.55 Å². The van der Waals surface area contributed by atoms with E-state index < -0.39 is 10.1 Å². The molecule has 14 heavy (non-hydrogen) atoms. The molecule has 78 valence electrons. The van der Waals surface area contributed by atoms with Gasteiger partial charge in [-0.2, -0.15) is 8.42 Å². The molecule has 3 nitrogen and oxygen atoms in total. The number of benzene rings is 1. The topological polar surface area (TPSA) is 54.4 Å². The Balaban J connectivity index is 3.45. The first-order valence-corrected chi connectivity index (χ1v) is 5.84. The van der Waals surface area contributed by atoms with Gasteiger partial charge in [-0.15, -0.1) is 0 Å². The third-order valence-electron chi connectivity index (χ3n) is 2.07. The van der Waals surface area contributed by atoms with Crippen LogP contribution in [0, 0.1) is 6.92 Å². The molecule has 1 aromatic carbocycles. The summed E-state index contributed by atoms with van der Waals surface area (Å²) < 4.78 is 31.0. The fourth-order valence-corrected chi connectivity index (χ4v) is 2.19. The molecule has 0 aromatic heterocycles. The third-order valence-corrected chi connectivity index (χ3v) is 2.99. The number of aryl methyl sites for hydroxylation is 1. The maximum atomic E-state index is 11.0. The highest BCUT2D eigenvalue weighted by molar-refractivity contribution is 7.85. The molecule has 0 aliphatic carbocycles. The molecule has 0 saturated carbocycles. The van der Waals surface area contributed by atoms with Crippen molar-refractivity contribution in [2.75, 3.05) is 0 Å². The minimum absolute atomic E-state index is 0.0121. The molecule has 0 bridgehead atoms. The van der Waals surface area contributed by atoms with Gasteiger partial charge in [0, 0.05) is 0 Å². The highest BCUT2D eigenvalue weighted by atomic mass is 32.2. The van der Waals surface area contributed by atoms with Gasteiger partial charge in [0.25, 0.3) is 10.1 Å². The largest absolute Gasteiger partial charge is 0.294 e. The molecule has 0 spiro atoms. The van der Waals surface area contributed by atoms with Gasteiger partial charge in [-0.05, 0) is 24.5 Å². The van der Waals surface area contributed by atoms with E-state index in [4.69, 9.17) is 4.55 Å². The third kappa shape index (κ3) is 2.33. The van der Waals surface area contributed by atoms with Crippen molar-refractivity contribution in [2.24, 2.45) is 0 Å². The lowest BCUT2D eigenvalue weighted by Crippen LogP contribution is -2.04. The summed E-state index contributed by atoms with van der Waals surface area (Å²) in [6.45, 7) is 5.67. The van der Waals surface area contributed by atoms with Crippen LogP contribution in [0.1, 0.15) is 30.9 Å². The molecule has 0 amide bonds. The van der Waals surface area contributed by atoms with Crippen LogP contribution in [0.4, 0.5) is 0 Å². The van der Waals surface area contributed by atoms with E-state index in [0.29, 0.717) is 5.56 Å². The standard InChI is InChI=1S/C10H14O3S/c1-7(2)9-6-8(3)4-5-10(9)14(11,12)13/h4-7H,1-3H3,(H,11,12,13). The molecular weight excluding hydrogens is 200 g/mol. The molecular formula is C10H14O3S. The first kappa shape index (κ1) is 11.2. The van der Waals surface area contributed by atoms with E-state index in [1.807, 2.05) is 20.8 Å². The summed E-state index contributed by atoms with van der Waals surface area (Å²) in [4.78, 5) is 0.0121. The molecule has 0 aliphatic heterocycles. The van der Waals surface area contributed by atoms with Gasteiger partial charge < -0.3 is 0 Å². The van der Waals surface area contributed by atoms with E-state index in [0.717, 1.165) is 5.56 Å². The molecule has 0 radical (unpaired) electrons. The Morgan fingerprint density at radius 2 is 1.86 bits per heavy atom. The van der Waals surface area contributed by atoms with E-state index >= 15 is 0 Å². The summed E-state index contributed by atoms with van der Waals surface area (Å²) in [6.07, 6.45) is 0. The lowest BCUT2D eigenvalue weighted by Gasteiger charge is -2.11. The van der Waals surface area contributed by atoms with Gasteiger partial charge in [-0.1, -0.05) is 31.5 Å². The summed E-state index contributed by atoms with van der Waals surface area (Å²) in [5.41, 5.74) is 1.65. The molecule has 0 unspecified atom stereocenters. The Morgan fingerprint density at radius 3 is 2.29 bits per heavy atom. The zero-order chi connectivity index (χ0) is 10.9. The maximum absolute atomic E-state index is 11.0. The van der Waals surface area contributed by atoms with Crippen LogP contribution in [0.2, 0.25) is 0 Å². The lowest BCUT2D eigenvalue weighted by atomic mass is 10.0. The second-order valence-corrected chi connectivity index (χ2v) is 5.06. The number of rotatable bonds is 2. The highest BCUT2D eigenvalue weighted by Crippen LogP contribution is 2.24. The Morgan fingerprint density at radius 1 is 1.29 bits per heavy atom. The first-order valence-electron chi connectivity index (χ1n) is 4.40. The molecule has 0 saturated heterocycles. The highest BCUT2D eigenvalue weighted by Gasteiger charge is 2.16. The first-order chi connectivity index (χ1) is 6.32. The second-order valence-electron chi connectivity index (χ2n) is 3.67. The van der Waals surface area contributed by atoms with Crippen LogP contribution >= 0.6 is 0 Å². The van der Waals surface area contributed by atoms with Gasteiger partial charge in [0.2, 0.25) is 0 Å². The monoisotopic (exact) mass is 214 g/mol. The second kappa shape index (κ2) is 3.71. The average Bonchev–Trinajstić information content (AvgIpc) is 2.01. The summed E-state index contributed by atoms with van der Waals surface area (Å²) in [6, 6.07) is 4.91. The van der Waals surface area contributed by atoms with Crippen molar-refractivity contribution in [1.29, 1.82) is 0 Å². The van der Waals surface area contributed by atoms with Gasteiger partial charge in [0.05, 0.1) is 4.90 Å². The molecule has 1 aromatic rings. The molecule has 0 atom stereocenters. The van der Waals surface area contributed by atoms with Gasteiger partial charge in [-0.25, -0.2) is 0 Å². The minimum atomic E-state index is -4.10. The molecule has 0 heterocycles. The van der Waals surface area contributed by atoms with Crippen molar-refractivity contribution >= 4 is 10.1 Å². The van der Waals surface area contributed by atoms with Crippen molar-refractivity contribution in [2.45, 2.75) is 31.6 Å². The smallest absolute Gasteiger partial charge is 0.282 e. The lowest BCUT2D eigenvalue weighted by molar-refractivity contribution is 0.481. The quantitative estimate of drug-likeness (QED) is 0.769. The predicted molar refractivity (Wildman–Crippen MR) is 55.1 cm³/mol. The van der Waals surface area contributed by atoms with Crippen LogP contribution < -0.4 is 0 Å². The van der Waals surface area contributed by atoms with Crippen molar-refractivity contribution in [3.05, 3.63) is 29.3 Å².